The van der Waals surface area contributed by atoms with Gasteiger partial charge in [-0.3, -0.25) is 0 Å². The molecule has 2 aromatic carbocycles. The van der Waals surface area contributed by atoms with E-state index in [-0.39, 0.29) is 0 Å². The van der Waals surface area contributed by atoms with Crippen LogP contribution in [0.4, 0.5) is 5.69 Å². The first kappa shape index (κ1) is 11.4. The number of anilines is 1. The van der Waals surface area contributed by atoms with Crippen LogP contribution in [0, 0.1) is 0 Å². The van der Waals surface area contributed by atoms with E-state index in [1.807, 2.05) is 6.07 Å². The molecular formula is C13H8Cl2N2O. The van der Waals surface area contributed by atoms with Gasteiger partial charge >= 0.3 is 0 Å². The highest BCUT2D eigenvalue weighted by molar-refractivity contribution is 6.33. The summed E-state index contributed by atoms with van der Waals surface area (Å²) in [5, 5.41) is 1.10. The highest BCUT2D eigenvalue weighted by Gasteiger charge is 2.09. The Morgan fingerprint density at radius 3 is 2.67 bits per heavy atom. The standard InChI is InChI=1S/C13H8Cl2N2O/c14-8-2-4-12-11(6-8)17-13(18-12)7-1-3-10(16)9(15)5-7/h1-6H,16H2. The molecule has 0 aliphatic carbocycles. The van der Waals surface area contributed by atoms with E-state index in [1.165, 1.54) is 0 Å². The number of rotatable bonds is 1. The third-order valence-corrected chi connectivity index (χ3v) is 3.16. The topological polar surface area (TPSA) is 52.0 Å². The Bertz CT molecular complexity index is 737. The number of hydrogen-bond donors (Lipinski definition) is 1. The van der Waals surface area contributed by atoms with Gasteiger partial charge in [-0.1, -0.05) is 23.2 Å². The van der Waals surface area contributed by atoms with E-state index < -0.39 is 0 Å². The van der Waals surface area contributed by atoms with Crippen LogP contribution in [0.1, 0.15) is 0 Å². The number of benzene rings is 2. The van der Waals surface area contributed by atoms with Crippen LogP contribution >= 0.6 is 23.2 Å². The third-order valence-electron chi connectivity index (χ3n) is 2.60. The number of nitrogens with zero attached hydrogens (tertiary/aromatic N) is 1. The summed E-state index contributed by atoms with van der Waals surface area (Å²) in [7, 11) is 0. The van der Waals surface area contributed by atoms with Crippen molar-refractivity contribution in [1.82, 2.24) is 4.98 Å². The molecule has 0 amide bonds. The van der Waals surface area contributed by atoms with Crippen molar-refractivity contribution in [2.45, 2.75) is 0 Å². The molecule has 0 bridgehead atoms. The molecule has 18 heavy (non-hydrogen) atoms. The fourth-order valence-corrected chi connectivity index (χ4v) is 2.03. The van der Waals surface area contributed by atoms with Gasteiger partial charge in [0.2, 0.25) is 5.89 Å². The molecular weight excluding hydrogens is 271 g/mol. The van der Waals surface area contributed by atoms with Gasteiger partial charge in [0.05, 0.1) is 10.7 Å². The molecule has 0 atom stereocenters. The van der Waals surface area contributed by atoms with Gasteiger partial charge in [0.1, 0.15) is 5.52 Å². The van der Waals surface area contributed by atoms with Gasteiger partial charge in [-0.2, -0.15) is 0 Å². The lowest BCUT2D eigenvalue weighted by Gasteiger charge is -1.99. The van der Waals surface area contributed by atoms with E-state index in [9.17, 15) is 0 Å². The summed E-state index contributed by atoms with van der Waals surface area (Å²) in [4.78, 5) is 4.36. The van der Waals surface area contributed by atoms with Crippen LogP contribution in [0.5, 0.6) is 0 Å². The minimum atomic E-state index is 0.479. The van der Waals surface area contributed by atoms with Crippen LogP contribution in [0.25, 0.3) is 22.6 Å². The first-order valence-electron chi connectivity index (χ1n) is 5.25. The predicted octanol–water partition coefficient (Wildman–Crippen LogP) is 4.38. The highest BCUT2D eigenvalue weighted by Crippen LogP contribution is 2.29. The monoisotopic (exact) mass is 278 g/mol. The van der Waals surface area contributed by atoms with E-state index >= 15 is 0 Å². The number of nitrogen functional groups attached to an aromatic ring is 1. The highest BCUT2D eigenvalue weighted by atomic mass is 35.5. The van der Waals surface area contributed by atoms with E-state index in [4.69, 9.17) is 33.4 Å². The predicted molar refractivity (Wildman–Crippen MR) is 73.9 cm³/mol. The molecule has 2 N–H and O–H groups in total. The molecule has 90 valence electrons. The van der Waals surface area contributed by atoms with Crippen molar-refractivity contribution in [3.63, 3.8) is 0 Å². The molecule has 3 aromatic rings. The van der Waals surface area contributed by atoms with Gasteiger partial charge in [-0.05, 0) is 36.4 Å². The summed E-state index contributed by atoms with van der Waals surface area (Å²) in [6.45, 7) is 0. The van der Waals surface area contributed by atoms with E-state index in [2.05, 4.69) is 4.98 Å². The van der Waals surface area contributed by atoms with Crippen LogP contribution in [0.15, 0.2) is 40.8 Å². The van der Waals surface area contributed by atoms with Crippen molar-refractivity contribution < 1.29 is 4.42 Å². The van der Waals surface area contributed by atoms with Gasteiger partial charge in [0, 0.05) is 10.6 Å². The Morgan fingerprint density at radius 1 is 1.06 bits per heavy atom. The number of halogens is 2. The molecule has 3 nitrogen and oxygen atoms in total. The molecule has 0 aliphatic rings. The Morgan fingerprint density at radius 2 is 1.89 bits per heavy atom. The zero-order chi connectivity index (χ0) is 12.7. The molecule has 0 radical (unpaired) electrons. The lowest BCUT2D eigenvalue weighted by atomic mass is 10.2. The molecule has 0 saturated carbocycles. The minimum Gasteiger partial charge on any atom is -0.436 e. The molecule has 3 rings (SSSR count). The first-order chi connectivity index (χ1) is 8.63. The van der Waals surface area contributed by atoms with Crippen LogP contribution in [0.2, 0.25) is 10.0 Å². The van der Waals surface area contributed by atoms with E-state index in [0.29, 0.717) is 32.7 Å². The summed E-state index contributed by atoms with van der Waals surface area (Å²) < 4.78 is 5.63. The number of hydrogen-bond acceptors (Lipinski definition) is 3. The SMILES string of the molecule is Nc1ccc(-c2nc3cc(Cl)ccc3o2)cc1Cl. The van der Waals surface area contributed by atoms with Crippen molar-refractivity contribution in [3.8, 4) is 11.5 Å². The maximum absolute atomic E-state index is 5.97. The Hall–Kier alpha value is -1.71. The summed E-state index contributed by atoms with van der Waals surface area (Å²) in [5.74, 6) is 0.495. The number of oxazole rings is 1. The van der Waals surface area contributed by atoms with Crippen molar-refractivity contribution in [3.05, 3.63) is 46.4 Å². The van der Waals surface area contributed by atoms with Crippen molar-refractivity contribution in [2.24, 2.45) is 0 Å². The maximum atomic E-state index is 5.97. The van der Waals surface area contributed by atoms with Crippen molar-refractivity contribution in [2.75, 3.05) is 5.73 Å². The maximum Gasteiger partial charge on any atom is 0.227 e. The zero-order valence-corrected chi connectivity index (χ0v) is 10.7. The normalized spacial score (nSPS) is 11.0. The fourth-order valence-electron chi connectivity index (χ4n) is 1.68. The summed E-state index contributed by atoms with van der Waals surface area (Å²) in [6, 6.07) is 10.6. The van der Waals surface area contributed by atoms with Crippen molar-refractivity contribution in [1.29, 1.82) is 0 Å². The minimum absolute atomic E-state index is 0.479. The molecule has 0 unspecified atom stereocenters. The fraction of sp³-hybridized carbons (Fsp3) is 0. The Balaban J connectivity index is 2.16. The number of fused-ring (bicyclic) bond motifs is 1. The smallest absolute Gasteiger partial charge is 0.227 e. The van der Waals surface area contributed by atoms with Gasteiger partial charge in [0.15, 0.2) is 5.58 Å². The number of nitrogens with two attached hydrogens (primary N) is 1. The molecule has 0 spiro atoms. The molecule has 1 heterocycles. The van der Waals surface area contributed by atoms with Gasteiger partial charge in [-0.15, -0.1) is 0 Å². The molecule has 0 saturated heterocycles. The molecule has 1 aromatic heterocycles. The van der Waals surface area contributed by atoms with Gasteiger partial charge < -0.3 is 10.2 Å². The van der Waals surface area contributed by atoms with Crippen LogP contribution in [0.3, 0.4) is 0 Å². The van der Waals surface area contributed by atoms with E-state index in [0.717, 1.165) is 5.56 Å². The number of aromatic nitrogens is 1. The lowest BCUT2D eigenvalue weighted by Crippen LogP contribution is -1.86. The summed E-state index contributed by atoms with van der Waals surface area (Å²) in [5.41, 5.74) is 8.36. The molecule has 0 aliphatic heterocycles. The quantitative estimate of drug-likeness (QED) is 0.672. The Labute approximate surface area is 113 Å². The second-order valence-electron chi connectivity index (χ2n) is 3.87. The van der Waals surface area contributed by atoms with E-state index in [1.54, 1.807) is 30.3 Å². The van der Waals surface area contributed by atoms with Gasteiger partial charge in [-0.25, -0.2) is 4.98 Å². The molecule has 5 heteroatoms. The summed E-state index contributed by atoms with van der Waals surface area (Å²) >= 11 is 11.9. The lowest BCUT2D eigenvalue weighted by molar-refractivity contribution is 0.620. The van der Waals surface area contributed by atoms with Crippen LogP contribution in [-0.4, -0.2) is 4.98 Å². The Kier molecular flexibility index (Phi) is 2.65. The largest absolute Gasteiger partial charge is 0.436 e. The first-order valence-corrected chi connectivity index (χ1v) is 6.00. The van der Waals surface area contributed by atoms with Crippen molar-refractivity contribution >= 4 is 40.0 Å². The average molecular weight is 279 g/mol. The second kappa shape index (κ2) is 4.19. The summed E-state index contributed by atoms with van der Waals surface area (Å²) in [6.07, 6.45) is 0. The van der Waals surface area contributed by atoms with Gasteiger partial charge in [0.25, 0.3) is 0 Å². The van der Waals surface area contributed by atoms with Crippen LogP contribution in [-0.2, 0) is 0 Å². The third kappa shape index (κ3) is 1.92. The average Bonchev–Trinajstić information content (AvgIpc) is 2.75. The molecule has 0 fully saturated rings. The zero-order valence-electron chi connectivity index (χ0n) is 9.15. The van der Waals surface area contributed by atoms with Crippen LogP contribution < -0.4 is 5.73 Å². The second-order valence-corrected chi connectivity index (χ2v) is 4.71.